The third-order valence-corrected chi connectivity index (χ3v) is 4.06. The largest absolute Gasteiger partial charge is 0.496 e. The summed E-state index contributed by atoms with van der Waals surface area (Å²) in [6.45, 7) is -0.422. The fourth-order valence-corrected chi connectivity index (χ4v) is 2.68. The first-order chi connectivity index (χ1) is 12.2. The lowest BCUT2D eigenvalue weighted by atomic mass is 10.2. The minimum absolute atomic E-state index is 0.253. The molecule has 2 rings (SSSR count). The van der Waals surface area contributed by atoms with E-state index in [2.05, 4.69) is 5.32 Å². The van der Waals surface area contributed by atoms with Crippen molar-refractivity contribution in [1.29, 1.82) is 5.26 Å². The predicted octanol–water partition coefficient (Wildman–Crippen LogP) is 3.11. The van der Waals surface area contributed by atoms with Crippen LogP contribution >= 0.6 is 11.8 Å². The zero-order valence-electron chi connectivity index (χ0n) is 13.5. The molecule has 0 aliphatic rings. The summed E-state index contributed by atoms with van der Waals surface area (Å²) in [5, 5.41) is 11.3. The van der Waals surface area contributed by atoms with Gasteiger partial charge in [-0.05, 0) is 24.3 Å². The third-order valence-electron chi connectivity index (χ3n) is 3.11. The van der Waals surface area contributed by atoms with E-state index in [4.69, 9.17) is 14.7 Å². The zero-order valence-corrected chi connectivity index (χ0v) is 14.3. The summed E-state index contributed by atoms with van der Waals surface area (Å²) in [7, 11) is 1.45. The number of hydrogen-bond acceptors (Lipinski definition) is 6. The van der Waals surface area contributed by atoms with Gasteiger partial charge in [0.25, 0.3) is 5.91 Å². The Morgan fingerprint density at radius 3 is 2.64 bits per heavy atom. The van der Waals surface area contributed by atoms with Crippen molar-refractivity contribution in [2.24, 2.45) is 0 Å². The molecule has 1 amide bonds. The molecule has 7 heteroatoms. The molecule has 25 heavy (non-hydrogen) atoms. The quantitative estimate of drug-likeness (QED) is 0.606. The maximum Gasteiger partial charge on any atom is 0.342 e. The summed E-state index contributed by atoms with van der Waals surface area (Å²) in [4.78, 5) is 24.9. The van der Waals surface area contributed by atoms with Crippen LogP contribution in [0.2, 0.25) is 0 Å². The highest BCUT2D eigenvalue weighted by Gasteiger charge is 2.15. The number of methoxy groups -OCH3 is 1. The molecule has 128 valence electrons. The molecule has 0 spiro atoms. The number of carbonyl (C=O) groups excluding carboxylic acids is 2. The normalized spacial score (nSPS) is 9.76. The molecule has 0 bridgehead atoms. The smallest absolute Gasteiger partial charge is 0.342 e. The highest BCUT2D eigenvalue weighted by atomic mass is 32.2. The van der Waals surface area contributed by atoms with E-state index < -0.39 is 18.5 Å². The van der Waals surface area contributed by atoms with Crippen LogP contribution in [0.3, 0.4) is 0 Å². The highest BCUT2D eigenvalue weighted by molar-refractivity contribution is 7.99. The van der Waals surface area contributed by atoms with Crippen LogP contribution in [-0.4, -0.2) is 31.3 Å². The molecule has 0 heterocycles. The van der Waals surface area contributed by atoms with Crippen molar-refractivity contribution in [3.05, 3.63) is 54.1 Å². The number of rotatable bonds is 7. The lowest BCUT2D eigenvalue weighted by molar-refractivity contribution is -0.119. The molecule has 0 saturated heterocycles. The van der Waals surface area contributed by atoms with Gasteiger partial charge in [0.2, 0.25) is 0 Å². The second-order valence-electron chi connectivity index (χ2n) is 4.77. The van der Waals surface area contributed by atoms with Gasteiger partial charge in [-0.25, -0.2) is 4.79 Å². The van der Waals surface area contributed by atoms with Crippen molar-refractivity contribution in [3.8, 4) is 11.8 Å². The van der Waals surface area contributed by atoms with Crippen LogP contribution in [0, 0.1) is 11.3 Å². The Balaban J connectivity index is 1.95. The number of benzene rings is 2. The van der Waals surface area contributed by atoms with E-state index in [1.54, 1.807) is 42.5 Å². The van der Waals surface area contributed by atoms with E-state index in [0.717, 1.165) is 4.90 Å². The molecule has 0 aliphatic carbocycles. The van der Waals surface area contributed by atoms with Gasteiger partial charge in [-0.2, -0.15) is 5.26 Å². The molecule has 2 aromatic carbocycles. The topological polar surface area (TPSA) is 88.4 Å². The lowest BCUT2D eigenvalue weighted by Gasteiger charge is -2.11. The molecule has 0 atom stereocenters. The van der Waals surface area contributed by atoms with Crippen molar-refractivity contribution in [2.45, 2.75) is 4.90 Å². The first-order valence-corrected chi connectivity index (χ1v) is 8.33. The molecular weight excluding hydrogens is 340 g/mol. The minimum Gasteiger partial charge on any atom is -0.496 e. The Labute approximate surface area is 149 Å². The van der Waals surface area contributed by atoms with Gasteiger partial charge in [0, 0.05) is 4.90 Å². The molecule has 0 unspecified atom stereocenters. The summed E-state index contributed by atoms with van der Waals surface area (Å²) >= 11 is 1.32. The van der Waals surface area contributed by atoms with Crippen LogP contribution in [0.25, 0.3) is 0 Å². The monoisotopic (exact) mass is 356 g/mol. The van der Waals surface area contributed by atoms with Crippen molar-refractivity contribution in [3.63, 3.8) is 0 Å². The van der Waals surface area contributed by atoms with E-state index in [9.17, 15) is 9.59 Å². The summed E-state index contributed by atoms with van der Waals surface area (Å²) < 4.78 is 10.1. The summed E-state index contributed by atoms with van der Waals surface area (Å²) in [5.74, 6) is -0.450. The van der Waals surface area contributed by atoms with Crippen LogP contribution in [0.1, 0.15) is 10.4 Å². The minimum atomic E-state index is -0.639. The molecule has 0 radical (unpaired) electrons. The molecular formula is C18H16N2O4S. The Morgan fingerprint density at radius 1 is 1.16 bits per heavy atom. The number of amides is 1. The third kappa shape index (κ3) is 5.26. The average molecular weight is 356 g/mol. The van der Waals surface area contributed by atoms with Crippen LogP contribution in [0.4, 0.5) is 5.69 Å². The molecule has 1 N–H and O–H groups in total. The highest BCUT2D eigenvalue weighted by Crippen LogP contribution is 2.26. The van der Waals surface area contributed by atoms with E-state index >= 15 is 0 Å². The van der Waals surface area contributed by atoms with Gasteiger partial charge < -0.3 is 14.8 Å². The first-order valence-electron chi connectivity index (χ1n) is 7.34. The van der Waals surface area contributed by atoms with Crippen molar-refractivity contribution in [1.82, 2.24) is 0 Å². The van der Waals surface area contributed by atoms with E-state index in [-0.39, 0.29) is 11.3 Å². The standard InChI is InChI=1S/C18H16N2O4S/c1-23-15-8-4-2-6-13(15)18(22)24-12-17(21)20-14-7-3-5-9-16(14)25-11-10-19/h2-9H,11-12H2,1H3,(H,20,21). The number of para-hydroxylation sites is 2. The Bertz CT molecular complexity index is 802. The van der Waals surface area contributed by atoms with Gasteiger partial charge in [0.05, 0.1) is 24.6 Å². The zero-order chi connectivity index (χ0) is 18.1. The number of hydrogen-bond donors (Lipinski definition) is 1. The summed E-state index contributed by atoms with van der Waals surface area (Å²) in [5.41, 5.74) is 0.823. The molecule has 0 aromatic heterocycles. The SMILES string of the molecule is COc1ccccc1C(=O)OCC(=O)Nc1ccccc1SCC#N. The summed E-state index contributed by atoms with van der Waals surface area (Å²) in [6.07, 6.45) is 0. The molecule has 0 fully saturated rings. The van der Waals surface area contributed by atoms with Crippen molar-refractivity contribution >= 4 is 29.3 Å². The Morgan fingerprint density at radius 2 is 1.88 bits per heavy atom. The maximum atomic E-state index is 12.1. The van der Waals surface area contributed by atoms with Gasteiger partial charge >= 0.3 is 5.97 Å². The van der Waals surface area contributed by atoms with Gasteiger partial charge in [0.1, 0.15) is 11.3 Å². The number of nitrogens with one attached hydrogen (secondary N) is 1. The molecule has 0 saturated carbocycles. The molecule has 2 aromatic rings. The number of ether oxygens (including phenoxy) is 2. The van der Waals surface area contributed by atoms with Crippen molar-refractivity contribution in [2.75, 3.05) is 24.8 Å². The van der Waals surface area contributed by atoms with Gasteiger partial charge in [0.15, 0.2) is 6.61 Å². The number of esters is 1. The van der Waals surface area contributed by atoms with Gasteiger partial charge in [-0.15, -0.1) is 11.8 Å². The Kier molecular flexibility index (Phi) is 6.87. The van der Waals surface area contributed by atoms with Crippen LogP contribution in [0.15, 0.2) is 53.4 Å². The van der Waals surface area contributed by atoms with Crippen molar-refractivity contribution < 1.29 is 19.1 Å². The number of carbonyl (C=O) groups is 2. The number of thioether (sulfide) groups is 1. The predicted molar refractivity (Wildman–Crippen MR) is 94.7 cm³/mol. The first kappa shape index (κ1) is 18.4. The van der Waals surface area contributed by atoms with Crippen LogP contribution in [0.5, 0.6) is 5.75 Å². The van der Waals surface area contributed by atoms with Crippen LogP contribution < -0.4 is 10.1 Å². The van der Waals surface area contributed by atoms with Gasteiger partial charge in [-0.1, -0.05) is 24.3 Å². The van der Waals surface area contributed by atoms with E-state index in [0.29, 0.717) is 11.4 Å². The fraction of sp³-hybridized carbons (Fsp3) is 0.167. The van der Waals surface area contributed by atoms with E-state index in [1.165, 1.54) is 18.9 Å². The molecule has 0 aliphatic heterocycles. The van der Waals surface area contributed by atoms with Crippen LogP contribution in [-0.2, 0) is 9.53 Å². The second kappa shape index (κ2) is 9.35. The number of anilines is 1. The second-order valence-corrected chi connectivity index (χ2v) is 5.78. The number of nitrogens with zero attached hydrogens (tertiary/aromatic N) is 1. The average Bonchev–Trinajstić information content (AvgIpc) is 2.65. The fourth-order valence-electron chi connectivity index (χ4n) is 2.01. The van der Waals surface area contributed by atoms with E-state index in [1.807, 2.05) is 12.1 Å². The summed E-state index contributed by atoms with van der Waals surface area (Å²) in [6, 6.07) is 15.8. The molecule has 6 nitrogen and oxygen atoms in total. The Hall–Kier alpha value is -2.98. The maximum absolute atomic E-state index is 12.1. The van der Waals surface area contributed by atoms with Gasteiger partial charge in [-0.3, -0.25) is 4.79 Å². The number of nitriles is 1. The lowest BCUT2D eigenvalue weighted by Crippen LogP contribution is -2.21.